The second-order valence-corrected chi connectivity index (χ2v) is 26.7. The Kier molecular flexibility index (Phi) is 73.4. The molecule has 6 heteroatoms. The minimum Gasteiger partial charge on any atom is -0.466 e. The molecule has 506 valence electrons. The van der Waals surface area contributed by atoms with Gasteiger partial charge in [0.1, 0.15) is 0 Å². The maximum absolute atomic E-state index is 12.5. The molecule has 0 aliphatic heterocycles. The highest BCUT2D eigenvalue weighted by molar-refractivity contribution is 5.76. The Bertz CT molecular complexity index is 1440. The van der Waals surface area contributed by atoms with Crippen LogP contribution in [-0.2, 0) is 14.3 Å². The predicted octanol–water partition coefficient (Wildman–Crippen LogP) is 25.6. The molecular weight excluding hydrogens is 1050 g/mol. The zero-order valence-electron chi connectivity index (χ0n) is 58.1. The lowest BCUT2D eigenvalue weighted by molar-refractivity contribution is -0.143. The van der Waals surface area contributed by atoms with Crippen molar-refractivity contribution in [3.63, 3.8) is 0 Å². The van der Waals surface area contributed by atoms with Gasteiger partial charge in [0.2, 0.25) is 5.91 Å². The summed E-state index contributed by atoms with van der Waals surface area (Å²) in [6.07, 6.45) is 99.5. The average molecular weight is 1210 g/mol. The van der Waals surface area contributed by atoms with Crippen molar-refractivity contribution >= 4 is 11.9 Å². The van der Waals surface area contributed by atoms with Crippen LogP contribution in [0.2, 0.25) is 0 Å². The van der Waals surface area contributed by atoms with E-state index >= 15 is 0 Å². The van der Waals surface area contributed by atoms with E-state index in [0.717, 1.165) is 51.4 Å². The van der Waals surface area contributed by atoms with Crippen LogP contribution in [0.25, 0.3) is 0 Å². The minimum absolute atomic E-state index is 0.00904. The van der Waals surface area contributed by atoms with Crippen molar-refractivity contribution in [1.29, 1.82) is 0 Å². The van der Waals surface area contributed by atoms with Crippen molar-refractivity contribution in [2.75, 3.05) is 13.2 Å². The number of aliphatic hydroxyl groups excluding tert-OH is 2. The maximum atomic E-state index is 12.5. The van der Waals surface area contributed by atoms with Crippen LogP contribution in [0, 0.1) is 0 Å². The van der Waals surface area contributed by atoms with Crippen LogP contribution in [0.1, 0.15) is 425 Å². The van der Waals surface area contributed by atoms with Crippen LogP contribution in [0.4, 0.5) is 0 Å². The van der Waals surface area contributed by atoms with Gasteiger partial charge < -0.3 is 20.3 Å². The monoisotopic (exact) mass is 1210 g/mol. The molecule has 0 saturated heterocycles. The third-order valence-corrected chi connectivity index (χ3v) is 18.1. The first-order valence-electron chi connectivity index (χ1n) is 38.9. The lowest BCUT2D eigenvalue weighted by Gasteiger charge is -2.20. The highest BCUT2D eigenvalue weighted by atomic mass is 16.5. The molecule has 0 spiro atoms. The van der Waals surface area contributed by atoms with Crippen molar-refractivity contribution in [2.24, 2.45) is 0 Å². The molecule has 6 nitrogen and oxygen atoms in total. The summed E-state index contributed by atoms with van der Waals surface area (Å²) in [6, 6.07) is -0.624. The second-order valence-electron chi connectivity index (χ2n) is 26.7. The molecule has 1 amide bonds. The number of carbonyl (C=O) groups excluding carboxylic acids is 2. The molecule has 0 aromatic rings. The Hall–Kier alpha value is -2.18. The summed E-state index contributed by atoms with van der Waals surface area (Å²) in [4.78, 5) is 24.6. The number of carbonyl (C=O) groups is 2. The Morgan fingerprint density at radius 3 is 0.907 bits per heavy atom. The SMILES string of the molecule is CCCCCC/C=C\C/C=C\CCCCCCCC(=O)OCCCCCCCCCCCCCCCCCCCC/C=C\CCCCCCCCCCCCCCCCCCCC(=O)NC(CO)C(O)/C=C/CCCCCCCCCCCCCC. The average Bonchev–Trinajstić information content (AvgIpc) is 3.51. The number of esters is 1. The van der Waals surface area contributed by atoms with Crippen molar-refractivity contribution in [3.8, 4) is 0 Å². The molecule has 0 heterocycles. The number of hydrogen-bond acceptors (Lipinski definition) is 5. The van der Waals surface area contributed by atoms with Gasteiger partial charge in [0.25, 0.3) is 0 Å². The van der Waals surface area contributed by atoms with E-state index in [2.05, 4.69) is 55.6 Å². The first kappa shape index (κ1) is 83.8. The quantitative estimate of drug-likeness (QED) is 0.0320. The zero-order valence-corrected chi connectivity index (χ0v) is 58.1. The van der Waals surface area contributed by atoms with E-state index in [1.807, 2.05) is 6.08 Å². The summed E-state index contributed by atoms with van der Waals surface area (Å²) in [6.45, 7) is 4.91. The molecule has 0 saturated carbocycles. The van der Waals surface area contributed by atoms with Crippen molar-refractivity contribution in [1.82, 2.24) is 5.32 Å². The Balaban J connectivity index is 3.33. The van der Waals surface area contributed by atoms with E-state index < -0.39 is 12.1 Å². The Labute approximate surface area is 537 Å². The van der Waals surface area contributed by atoms with Crippen LogP contribution in [-0.4, -0.2) is 47.4 Å². The number of nitrogens with one attached hydrogen (secondary N) is 1. The molecule has 2 atom stereocenters. The zero-order chi connectivity index (χ0) is 62.0. The smallest absolute Gasteiger partial charge is 0.305 e. The van der Waals surface area contributed by atoms with Gasteiger partial charge in [-0.2, -0.15) is 0 Å². The first-order valence-corrected chi connectivity index (χ1v) is 38.9. The van der Waals surface area contributed by atoms with Gasteiger partial charge in [-0.15, -0.1) is 0 Å². The van der Waals surface area contributed by atoms with Gasteiger partial charge in [0.05, 0.1) is 25.4 Å². The molecule has 86 heavy (non-hydrogen) atoms. The Morgan fingerprint density at radius 2 is 0.581 bits per heavy atom. The molecule has 3 N–H and O–H groups in total. The first-order chi connectivity index (χ1) is 42.5. The van der Waals surface area contributed by atoms with Crippen LogP contribution < -0.4 is 5.32 Å². The lowest BCUT2D eigenvalue weighted by Crippen LogP contribution is -2.45. The molecule has 0 aliphatic rings. The minimum atomic E-state index is -0.841. The summed E-state index contributed by atoms with van der Waals surface area (Å²) < 4.78 is 5.50. The largest absolute Gasteiger partial charge is 0.466 e. The van der Waals surface area contributed by atoms with E-state index in [1.165, 1.54) is 347 Å². The topological polar surface area (TPSA) is 95.9 Å². The number of aliphatic hydroxyl groups is 2. The summed E-state index contributed by atoms with van der Waals surface area (Å²) in [5.41, 5.74) is 0. The van der Waals surface area contributed by atoms with Crippen molar-refractivity contribution < 1.29 is 24.5 Å². The number of ether oxygens (including phenoxy) is 1. The van der Waals surface area contributed by atoms with Gasteiger partial charge in [-0.05, 0) is 89.9 Å². The van der Waals surface area contributed by atoms with Crippen molar-refractivity contribution in [3.05, 3.63) is 48.6 Å². The number of unbranched alkanes of at least 4 members (excludes halogenated alkanes) is 56. The van der Waals surface area contributed by atoms with Gasteiger partial charge in [0.15, 0.2) is 0 Å². The number of hydrogen-bond donors (Lipinski definition) is 3. The summed E-state index contributed by atoms with van der Waals surface area (Å²) in [7, 11) is 0. The fourth-order valence-electron chi connectivity index (χ4n) is 12.1. The molecule has 0 aromatic heterocycles. The van der Waals surface area contributed by atoms with E-state index in [4.69, 9.17) is 4.74 Å². The van der Waals surface area contributed by atoms with Crippen LogP contribution in [0.3, 0.4) is 0 Å². The van der Waals surface area contributed by atoms with E-state index in [0.29, 0.717) is 19.4 Å². The van der Waals surface area contributed by atoms with Crippen LogP contribution in [0.5, 0.6) is 0 Å². The number of amides is 1. The van der Waals surface area contributed by atoms with E-state index in [1.54, 1.807) is 6.08 Å². The molecule has 0 radical (unpaired) electrons. The number of rotatable bonds is 73. The summed E-state index contributed by atoms with van der Waals surface area (Å²) in [5, 5.41) is 23.2. The highest BCUT2D eigenvalue weighted by Crippen LogP contribution is 2.19. The maximum Gasteiger partial charge on any atom is 0.305 e. The number of allylic oxidation sites excluding steroid dienone is 7. The molecule has 2 unspecified atom stereocenters. The normalized spacial score (nSPS) is 12.7. The summed E-state index contributed by atoms with van der Waals surface area (Å²) >= 11 is 0. The molecular formula is C80H151NO5. The highest BCUT2D eigenvalue weighted by Gasteiger charge is 2.18. The standard InChI is InChI=1S/C80H151NO5/c1-3-5-7-9-11-13-15-17-19-46-50-54-58-62-66-70-74-80(85)86-75-71-67-63-59-55-51-47-44-42-40-38-36-34-32-30-28-26-24-22-20-21-23-25-27-29-31-33-35-37-39-41-43-45-49-53-57-61-65-69-73-79(84)81-77(76-82)78(83)72-68-64-60-56-52-48-18-16-14-12-10-8-6-4-2/h13,15,19-21,46,68,72,77-78,82-83H,3-12,14,16-18,22-45,47-67,69-71,73-76H2,1-2H3,(H,81,84)/b15-13-,21-20-,46-19-,72-68+. The van der Waals surface area contributed by atoms with Crippen LogP contribution >= 0.6 is 0 Å². The third kappa shape index (κ3) is 70.9. The second kappa shape index (κ2) is 75.3. The predicted molar refractivity (Wildman–Crippen MR) is 379 cm³/mol. The van der Waals surface area contributed by atoms with Gasteiger partial charge in [-0.1, -0.05) is 371 Å². The molecule has 0 bridgehead atoms. The van der Waals surface area contributed by atoms with Gasteiger partial charge >= 0.3 is 5.97 Å². The fourth-order valence-corrected chi connectivity index (χ4v) is 12.1. The van der Waals surface area contributed by atoms with Gasteiger partial charge in [-0.3, -0.25) is 9.59 Å². The molecule has 0 fully saturated rings. The van der Waals surface area contributed by atoms with E-state index in [9.17, 15) is 19.8 Å². The molecule has 0 aliphatic carbocycles. The molecule has 0 aromatic carbocycles. The summed E-state index contributed by atoms with van der Waals surface area (Å²) in [5.74, 6) is -0.0527. The van der Waals surface area contributed by atoms with Crippen LogP contribution in [0.15, 0.2) is 48.6 Å². The fraction of sp³-hybridized carbons (Fsp3) is 0.875. The lowest BCUT2D eigenvalue weighted by atomic mass is 10.0. The van der Waals surface area contributed by atoms with E-state index in [-0.39, 0.29) is 18.5 Å². The Morgan fingerprint density at radius 1 is 0.326 bits per heavy atom. The van der Waals surface area contributed by atoms with Gasteiger partial charge in [-0.25, -0.2) is 0 Å². The van der Waals surface area contributed by atoms with Gasteiger partial charge in [0, 0.05) is 12.8 Å². The van der Waals surface area contributed by atoms with Crippen molar-refractivity contribution in [2.45, 2.75) is 437 Å². The third-order valence-electron chi connectivity index (χ3n) is 18.1. The molecule has 0 rings (SSSR count).